The summed E-state index contributed by atoms with van der Waals surface area (Å²) in [4.78, 5) is 29.2. The van der Waals surface area contributed by atoms with Crippen molar-refractivity contribution in [3.05, 3.63) is 62.9 Å². The minimum Gasteiger partial charge on any atom is -0.463 e. The first kappa shape index (κ1) is 19.9. The van der Waals surface area contributed by atoms with Gasteiger partial charge in [-0.2, -0.15) is 4.31 Å². The van der Waals surface area contributed by atoms with Gasteiger partial charge in [-0.15, -0.1) is 11.3 Å². The van der Waals surface area contributed by atoms with Gasteiger partial charge >= 0.3 is 0 Å². The van der Waals surface area contributed by atoms with Gasteiger partial charge in [-0.1, -0.05) is 11.6 Å². The highest BCUT2D eigenvalue weighted by molar-refractivity contribution is 7.91. The SMILES string of the molecule is O=C(c1ccc(-c2ccco2)[nH]c1=O)N1CCN(S(=O)(=O)c2ccc(Cl)s2)CC1. The molecule has 0 aromatic carbocycles. The van der Waals surface area contributed by atoms with Crippen molar-refractivity contribution in [2.24, 2.45) is 0 Å². The van der Waals surface area contributed by atoms with E-state index in [1.807, 2.05) is 0 Å². The van der Waals surface area contributed by atoms with E-state index < -0.39 is 21.5 Å². The molecule has 1 aliphatic rings. The second-order valence-corrected chi connectivity index (χ2v) is 10.2. The molecule has 152 valence electrons. The largest absolute Gasteiger partial charge is 0.463 e. The molecule has 11 heteroatoms. The zero-order valence-corrected chi connectivity index (χ0v) is 17.4. The molecule has 1 aliphatic heterocycles. The van der Waals surface area contributed by atoms with Crippen LogP contribution < -0.4 is 5.56 Å². The number of furan rings is 1. The molecule has 1 saturated heterocycles. The van der Waals surface area contributed by atoms with Crippen LogP contribution in [-0.2, 0) is 10.0 Å². The number of halogens is 1. The van der Waals surface area contributed by atoms with Crippen molar-refractivity contribution >= 4 is 38.9 Å². The molecule has 1 N–H and O–H groups in total. The number of sulfonamides is 1. The molecule has 3 aromatic heterocycles. The average molecular weight is 454 g/mol. The Hall–Kier alpha value is -2.40. The number of rotatable bonds is 4. The first-order valence-electron chi connectivity index (χ1n) is 8.68. The van der Waals surface area contributed by atoms with Crippen molar-refractivity contribution in [2.75, 3.05) is 26.2 Å². The predicted molar refractivity (Wildman–Crippen MR) is 109 cm³/mol. The van der Waals surface area contributed by atoms with Crippen molar-refractivity contribution in [1.82, 2.24) is 14.2 Å². The smallest absolute Gasteiger partial charge is 0.261 e. The van der Waals surface area contributed by atoms with Crippen LogP contribution in [0, 0.1) is 0 Å². The van der Waals surface area contributed by atoms with Gasteiger partial charge in [0.25, 0.3) is 21.5 Å². The number of thiophene rings is 1. The van der Waals surface area contributed by atoms with Gasteiger partial charge in [0, 0.05) is 26.2 Å². The lowest BCUT2D eigenvalue weighted by molar-refractivity contribution is 0.0696. The molecule has 1 fully saturated rings. The van der Waals surface area contributed by atoms with Crippen LogP contribution in [0.15, 0.2) is 56.1 Å². The summed E-state index contributed by atoms with van der Waals surface area (Å²) in [5, 5.41) is 0. The van der Waals surface area contributed by atoms with Crippen LogP contribution in [0.2, 0.25) is 4.34 Å². The number of pyridine rings is 1. The minimum absolute atomic E-state index is 0.00153. The summed E-state index contributed by atoms with van der Waals surface area (Å²) in [5.74, 6) is 0.0575. The van der Waals surface area contributed by atoms with E-state index in [9.17, 15) is 18.0 Å². The van der Waals surface area contributed by atoms with E-state index in [2.05, 4.69) is 4.98 Å². The lowest BCUT2D eigenvalue weighted by Crippen LogP contribution is -2.51. The van der Waals surface area contributed by atoms with Gasteiger partial charge in [-0.3, -0.25) is 9.59 Å². The number of H-pyrrole nitrogens is 1. The van der Waals surface area contributed by atoms with Crippen molar-refractivity contribution in [1.29, 1.82) is 0 Å². The Morgan fingerprint density at radius 1 is 1.10 bits per heavy atom. The van der Waals surface area contributed by atoms with Crippen LogP contribution in [0.4, 0.5) is 0 Å². The summed E-state index contributed by atoms with van der Waals surface area (Å²) >= 11 is 6.84. The van der Waals surface area contributed by atoms with Gasteiger partial charge in [0.1, 0.15) is 15.5 Å². The molecular formula is C18H16ClN3O5S2. The Balaban J connectivity index is 1.46. The van der Waals surface area contributed by atoms with E-state index in [4.69, 9.17) is 16.0 Å². The van der Waals surface area contributed by atoms with Crippen molar-refractivity contribution < 1.29 is 17.6 Å². The third-order valence-electron chi connectivity index (χ3n) is 4.60. The number of hydrogen-bond acceptors (Lipinski definition) is 6. The van der Waals surface area contributed by atoms with Crippen LogP contribution in [0.25, 0.3) is 11.5 Å². The van der Waals surface area contributed by atoms with Gasteiger partial charge in [0.15, 0.2) is 0 Å². The first-order chi connectivity index (χ1) is 13.9. The van der Waals surface area contributed by atoms with Crippen LogP contribution >= 0.6 is 22.9 Å². The van der Waals surface area contributed by atoms with E-state index in [1.165, 1.54) is 33.7 Å². The molecule has 4 heterocycles. The fourth-order valence-electron chi connectivity index (χ4n) is 3.08. The monoisotopic (exact) mass is 453 g/mol. The maximum atomic E-state index is 12.7. The minimum atomic E-state index is -3.64. The van der Waals surface area contributed by atoms with E-state index in [0.29, 0.717) is 15.8 Å². The topological polar surface area (TPSA) is 104 Å². The number of piperazine rings is 1. The van der Waals surface area contributed by atoms with Gasteiger partial charge in [0.05, 0.1) is 16.3 Å². The maximum Gasteiger partial charge on any atom is 0.261 e. The molecule has 4 rings (SSSR count). The second kappa shape index (κ2) is 7.79. The number of hydrogen-bond donors (Lipinski definition) is 1. The first-order valence-corrected chi connectivity index (χ1v) is 11.3. The molecule has 3 aromatic rings. The molecular weight excluding hydrogens is 438 g/mol. The van der Waals surface area contributed by atoms with Gasteiger partial charge in [0.2, 0.25) is 0 Å². The zero-order valence-electron chi connectivity index (χ0n) is 15.0. The Morgan fingerprint density at radius 3 is 2.45 bits per heavy atom. The molecule has 1 amide bonds. The summed E-state index contributed by atoms with van der Waals surface area (Å²) in [5.41, 5.74) is -0.0455. The van der Waals surface area contributed by atoms with Crippen LogP contribution in [0.1, 0.15) is 10.4 Å². The quantitative estimate of drug-likeness (QED) is 0.653. The average Bonchev–Trinajstić information content (AvgIpc) is 3.40. The molecule has 8 nitrogen and oxygen atoms in total. The third kappa shape index (κ3) is 3.88. The van der Waals surface area contributed by atoms with Crippen molar-refractivity contribution in [3.63, 3.8) is 0 Å². The standard InChI is InChI=1S/C18H16ClN3O5S2/c19-15-5-6-16(28-15)29(25,26)22-9-7-21(8-10-22)18(24)12-3-4-13(20-17(12)23)14-2-1-11-27-14/h1-6,11H,7-10H2,(H,20,23). The van der Waals surface area contributed by atoms with Gasteiger partial charge in [-0.05, 0) is 36.4 Å². The van der Waals surface area contributed by atoms with Crippen LogP contribution in [0.5, 0.6) is 0 Å². The van der Waals surface area contributed by atoms with Gasteiger partial charge < -0.3 is 14.3 Å². The Kier molecular flexibility index (Phi) is 5.34. The van der Waals surface area contributed by atoms with Crippen molar-refractivity contribution in [2.45, 2.75) is 4.21 Å². The second-order valence-electron chi connectivity index (χ2n) is 6.35. The summed E-state index contributed by atoms with van der Waals surface area (Å²) in [7, 11) is -3.64. The Morgan fingerprint density at radius 2 is 1.86 bits per heavy atom. The van der Waals surface area contributed by atoms with E-state index in [-0.39, 0.29) is 36.0 Å². The van der Waals surface area contributed by atoms with Crippen LogP contribution in [-0.4, -0.2) is 54.7 Å². The maximum absolute atomic E-state index is 12.7. The van der Waals surface area contributed by atoms with Crippen molar-refractivity contribution in [3.8, 4) is 11.5 Å². The van der Waals surface area contributed by atoms with E-state index in [0.717, 1.165) is 11.3 Å². The Bertz CT molecular complexity index is 1190. The number of aromatic amines is 1. The molecule has 0 aliphatic carbocycles. The fraction of sp³-hybridized carbons (Fsp3) is 0.222. The number of carbonyl (C=O) groups is 1. The number of amides is 1. The molecule has 0 bridgehead atoms. The molecule has 0 atom stereocenters. The predicted octanol–water partition coefficient (Wildman–Crippen LogP) is 2.50. The molecule has 0 unspecified atom stereocenters. The molecule has 0 spiro atoms. The summed E-state index contributed by atoms with van der Waals surface area (Å²) < 4.78 is 32.5. The Labute approximate surface area is 175 Å². The number of nitrogens with one attached hydrogen (secondary N) is 1. The summed E-state index contributed by atoms with van der Waals surface area (Å²) in [6.45, 7) is 0.672. The lowest BCUT2D eigenvalue weighted by atomic mass is 10.2. The van der Waals surface area contributed by atoms with E-state index >= 15 is 0 Å². The zero-order chi connectivity index (χ0) is 20.6. The highest BCUT2D eigenvalue weighted by Crippen LogP contribution is 2.28. The summed E-state index contributed by atoms with van der Waals surface area (Å²) in [6.07, 6.45) is 1.49. The highest BCUT2D eigenvalue weighted by Gasteiger charge is 2.32. The molecule has 0 radical (unpaired) electrons. The molecule has 29 heavy (non-hydrogen) atoms. The highest BCUT2D eigenvalue weighted by atomic mass is 35.5. The fourth-order valence-corrected chi connectivity index (χ4v) is 6.14. The molecule has 0 saturated carbocycles. The number of aromatic nitrogens is 1. The lowest BCUT2D eigenvalue weighted by Gasteiger charge is -2.33. The normalized spacial score (nSPS) is 15.6. The van der Waals surface area contributed by atoms with E-state index in [1.54, 1.807) is 18.2 Å². The summed E-state index contributed by atoms with van der Waals surface area (Å²) in [6, 6.07) is 9.47. The third-order valence-corrected chi connectivity index (χ3v) is 8.19. The number of carbonyl (C=O) groups excluding carboxylic acids is 1. The number of nitrogens with zero attached hydrogens (tertiary/aromatic N) is 2. The van der Waals surface area contributed by atoms with Gasteiger partial charge in [-0.25, -0.2) is 8.42 Å². The van der Waals surface area contributed by atoms with Crippen LogP contribution in [0.3, 0.4) is 0 Å².